The second-order valence-corrected chi connectivity index (χ2v) is 5.72. The monoisotopic (exact) mass is 365 g/mol. The van der Waals surface area contributed by atoms with Gasteiger partial charge in [0, 0.05) is 14.5 Å². The summed E-state index contributed by atoms with van der Waals surface area (Å²) in [7, 11) is 0. The number of nitrogen functional groups attached to an aromatic ring is 1. The van der Waals surface area contributed by atoms with Crippen LogP contribution in [0.25, 0.3) is 22.4 Å². The Balaban J connectivity index is 2.26. The van der Waals surface area contributed by atoms with Gasteiger partial charge in [0.05, 0.1) is 16.7 Å². The average molecular weight is 367 g/mol. The van der Waals surface area contributed by atoms with E-state index in [1.54, 1.807) is 0 Å². The molecule has 0 saturated carbocycles. The molecule has 90 valence electrons. The number of rotatable bonds is 1. The van der Waals surface area contributed by atoms with Crippen LogP contribution in [0.3, 0.4) is 0 Å². The molecule has 2 aromatic carbocycles. The summed E-state index contributed by atoms with van der Waals surface area (Å²) in [5.74, 6) is 0.774. The molecule has 0 atom stereocenters. The highest BCUT2D eigenvalue weighted by Gasteiger charge is 2.11. The van der Waals surface area contributed by atoms with Crippen LogP contribution in [0.4, 0.5) is 5.69 Å². The topological polar surface area (TPSA) is 54.7 Å². The van der Waals surface area contributed by atoms with E-state index in [9.17, 15) is 0 Å². The quantitative estimate of drug-likeness (QED) is 0.629. The van der Waals surface area contributed by atoms with Gasteiger partial charge in [-0.3, -0.25) is 0 Å². The molecule has 0 spiro atoms. The van der Waals surface area contributed by atoms with Crippen LogP contribution < -0.4 is 5.73 Å². The maximum Gasteiger partial charge on any atom is 0.140 e. The van der Waals surface area contributed by atoms with Gasteiger partial charge in [0.1, 0.15) is 5.82 Å². The lowest BCUT2D eigenvalue weighted by Gasteiger charge is -2.05. The van der Waals surface area contributed by atoms with Crippen LogP contribution in [0.2, 0.25) is 0 Å². The number of nitrogens with one attached hydrogen (secondary N) is 1. The van der Waals surface area contributed by atoms with Crippen molar-refractivity contribution in [1.29, 1.82) is 0 Å². The molecule has 0 fully saturated rings. The summed E-state index contributed by atoms with van der Waals surface area (Å²) in [6.07, 6.45) is 0. The first-order valence-electron chi connectivity index (χ1n) is 5.35. The van der Waals surface area contributed by atoms with Crippen molar-refractivity contribution in [2.75, 3.05) is 5.73 Å². The Morgan fingerprint density at radius 1 is 1.11 bits per heavy atom. The fourth-order valence-corrected chi connectivity index (χ4v) is 3.09. The van der Waals surface area contributed by atoms with Crippen molar-refractivity contribution in [3.63, 3.8) is 0 Å². The largest absolute Gasteiger partial charge is 0.397 e. The fraction of sp³-hybridized carbons (Fsp3) is 0. The van der Waals surface area contributed by atoms with Crippen LogP contribution in [0, 0.1) is 0 Å². The number of benzene rings is 2. The first kappa shape index (κ1) is 11.7. The van der Waals surface area contributed by atoms with E-state index in [1.807, 2.05) is 36.4 Å². The molecule has 3 N–H and O–H groups in total. The maximum absolute atomic E-state index is 6.08. The van der Waals surface area contributed by atoms with E-state index in [0.29, 0.717) is 5.69 Å². The third kappa shape index (κ3) is 1.93. The van der Waals surface area contributed by atoms with Crippen molar-refractivity contribution >= 4 is 48.6 Å². The molecule has 3 rings (SSSR count). The third-order valence-electron chi connectivity index (χ3n) is 2.74. The van der Waals surface area contributed by atoms with Crippen LogP contribution in [-0.4, -0.2) is 9.97 Å². The number of halogens is 2. The maximum atomic E-state index is 6.08. The van der Waals surface area contributed by atoms with Crippen LogP contribution in [0.1, 0.15) is 0 Å². The van der Waals surface area contributed by atoms with Crippen LogP contribution in [0.5, 0.6) is 0 Å². The Bertz CT molecular complexity index is 701. The Kier molecular flexibility index (Phi) is 2.87. The third-order valence-corrected chi connectivity index (χ3v) is 3.85. The van der Waals surface area contributed by atoms with Crippen molar-refractivity contribution in [3.05, 3.63) is 45.3 Å². The molecule has 0 saturated heterocycles. The Hall–Kier alpha value is -1.33. The van der Waals surface area contributed by atoms with Gasteiger partial charge in [-0.1, -0.05) is 28.1 Å². The molecule has 3 aromatic rings. The molecular formula is C13H9Br2N3. The highest BCUT2D eigenvalue weighted by Crippen LogP contribution is 2.34. The summed E-state index contributed by atoms with van der Waals surface area (Å²) in [6, 6.07) is 11.8. The fourth-order valence-electron chi connectivity index (χ4n) is 1.86. The molecule has 0 unspecified atom stereocenters. The van der Waals surface area contributed by atoms with E-state index in [2.05, 4.69) is 41.8 Å². The molecule has 0 aliphatic carbocycles. The molecule has 18 heavy (non-hydrogen) atoms. The highest BCUT2D eigenvalue weighted by molar-refractivity contribution is 9.11. The van der Waals surface area contributed by atoms with Gasteiger partial charge in [0.25, 0.3) is 0 Å². The van der Waals surface area contributed by atoms with E-state index in [4.69, 9.17) is 5.73 Å². The Morgan fingerprint density at radius 2 is 1.89 bits per heavy atom. The molecule has 0 amide bonds. The summed E-state index contributed by atoms with van der Waals surface area (Å²) < 4.78 is 1.81. The van der Waals surface area contributed by atoms with E-state index < -0.39 is 0 Å². The smallest absolute Gasteiger partial charge is 0.140 e. The number of nitrogens with two attached hydrogens (primary N) is 1. The lowest BCUT2D eigenvalue weighted by Crippen LogP contribution is -1.93. The number of hydrogen-bond acceptors (Lipinski definition) is 2. The molecule has 0 radical (unpaired) electrons. The van der Waals surface area contributed by atoms with Crippen molar-refractivity contribution in [2.45, 2.75) is 0 Å². The minimum Gasteiger partial charge on any atom is -0.397 e. The number of imidazole rings is 1. The van der Waals surface area contributed by atoms with Crippen molar-refractivity contribution in [1.82, 2.24) is 9.97 Å². The number of nitrogens with zero attached hydrogens (tertiary/aromatic N) is 1. The van der Waals surface area contributed by atoms with Gasteiger partial charge in [0.2, 0.25) is 0 Å². The van der Waals surface area contributed by atoms with Gasteiger partial charge in [-0.15, -0.1) is 0 Å². The van der Waals surface area contributed by atoms with Crippen molar-refractivity contribution in [3.8, 4) is 11.4 Å². The molecular weight excluding hydrogens is 358 g/mol. The standard InChI is InChI=1S/C13H9Br2N3/c14-7-5-8(12(16)9(15)6-7)13-17-10-3-1-2-4-11(10)18-13/h1-6H,16H2,(H,17,18). The molecule has 0 bridgehead atoms. The normalized spacial score (nSPS) is 11.0. The van der Waals surface area contributed by atoms with Crippen LogP contribution in [0.15, 0.2) is 45.3 Å². The minimum atomic E-state index is 0.678. The zero-order valence-electron chi connectivity index (χ0n) is 9.24. The molecule has 5 heteroatoms. The molecule has 0 aliphatic rings. The van der Waals surface area contributed by atoms with Gasteiger partial charge >= 0.3 is 0 Å². The highest BCUT2D eigenvalue weighted by atomic mass is 79.9. The Morgan fingerprint density at radius 3 is 2.67 bits per heavy atom. The van der Waals surface area contributed by atoms with E-state index in [1.165, 1.54) is 0 Å². The van der Waals surface area contributed by atoms with Gasteiger partial charge in [0.15, 0.2) is 0 Å². The Labute approximate surface area is 121 Å². The van der Waals surface area contributed by atoms with Crippen LogP contribution in [-0.2, 0) is 0 Å². The molecule has 1 heterocycles. The lowest BCUT2D eigenvalue weighted by atomic mass is 10.2. The van der Waals surface area contributed by atoms with Gasteiger partial charge < -0.3 is 10.7 Å². The van der Waals surface area contributed by atoms with Gasteiger partial charge in [-0.2, -0.15) is 0 Å². The molecule has 1 aromatic heterocycles. The number of aromatic amines is 1. The van der Waals surface area contributed by atoms with Crippen molar-refractivity contribution in [2.24, 2.45) is 0 Å². The lowest BCUT2D eigenvalue weighted by molar-refractivity contribution is 1.33. The van der Waals surface area contributed by atoms with E-state index >= 15 is 0 Å². The summed E-state index contributed by atoms with van der Waals surface area (Å²) in [6.45, 7) is 0. The average Bonchev–Trinajstić information content (AvgIpc) is 2.77. The number of H-pyrrole nitrogens is 1. The van der Waals surface area contributed by atoms with Crippen molar-refractivity contribution < 1.29 is 0 Å². The van der Waals surface area contributed by atoms with Gasteiger partial charge in [-0.05, 0) is 40.2 Å². The summed E-state index contributed by atoms with van der Waals surface area (Å²) in [5.41, 5.74) is 9.57. The molecule has 0 aliphatic heterocycles. The number of anilines is 1. The summed E-state index contributed by atoms with van der Waals surface area (Å²) >= 11 is 6.90. The van der Waals surface area contributed by atoms with Crippen LogP contribution >= 0.6 is 31.9 Å². The second-order valence-electron chi connectivity index (χ2n) is 3.95. The first-order chi connectivity index (χ1) is 8.65. The number of fused-ring (bicyclic) bond motifs is 1. The van der Waals surface area contributed by atoms with E-state index in [-0.39, 0.29) is 0 Å². The van der Waals surface area contributed by atoms with Gasteiger partial charge in [-0.25, -0.2) is 4.98 Å². The SMILES string of the molecule is Nc1c(Br)cc(Br)cc1-c1nc2ccccc2[nH]1. The van der Waals surface area contributed by atoms with E-state index in [0.717, 1.165) is 31.4 Å². The number of aromatic nitrogens is 2. The summed E-state index contributed by atoms with van der Waals surface area (Å²) in [5, 5.41) is 0. The molecule has 3 nitrogen and oxygen atoms in total. The summed E-state index contributed by atoms with van der Waals surface area (Å²) in [4.78, 5) is 7.82. The first-order valence-corrected chi connectivity index (χ1v) is 6.93. The zero-order chi connectivity index (χ0) is 12.7. The number of para-hydroxylation sites is 2. The minimum absolute atomic E-state index is 0.678. The predicted molar refractivity (Wildman–Crippen MR) is 81.3 cm³/mol. The number of hydrogen-bond donors (Lipinski definition) is 2. The predicted octanol–water partition coefficient (Wildman–Crippen LogP) is 4.34. The zero-order valence-corrected chi connectivity index (χ0v) is 12.4. The second kappa shape index (κ2) is 4.40.